The quantitative estimate of drug-likeness (QED) is 0.631. The van der Waals surface area contributed by atoms with Crippen molar-refractivity contribution in [2.24, 2.45) is 0 Å². The maximum absolute atomic E-state index is 12.5. The number of aromatic nitrogens is 2. The average molecular weight is 408 g/mol. The fraction of sp³-hybridized carbons (Fsp3) is 0.417. The topological polar surface area (TPSA) is 57.6 Å². The van der Waals surface area contributed by atoms with E-state index in [0.29, 0.717) is 11.9 Å². The Morgan fingerprint density at radius 2 is 1.80 bits per heavy atom. The SMILES string of the molecule is CC.CC.CC.O=C(c1cccc(Cc2c[nH]c(=O)c3cccn23)c1)N1C[B]CC1. The molecule has 6 heteroatoms. The first-order chi connectivity index (χ1) is 14.7. The Morgan fingerprint density at radius 1 is 1.07 bits per heavy atom. The third kappa shape index (κ3) is 6.12. The summed E-state index contributed by atoms with van der Waals surface area (Å²) in [6.07, 6.45) is 5.96. The molecule has 1 amide bonds. The van der Waals surface area contributed by atoms with Crippen LogP contribution in [0, 0.1) is 0 Å². The number of aromatic amines is 1. The van der Waals surface area contributed by atoms with E-state index in [1.807, 2.05) is 87.4 Å². The highest BCUT2D eigenvalue weighted by molar-refractivity contribution is 6.37. The van der Waals surface area contributed by atoms with Gasteiger partial charge < -0.3 is 14.3 Å². The van der Waals surface area contributed by atoms with E-state index in [1.165, 1.54) is 0 Å². The molecule has 0 bridgehead atoms. The molecule has 3 heterocycles. The first-order valence-electron chi connectivity index (χ1n) is 11.1. The van der Waals surface area contributed by atoms with Crippen molar-refractivity contribution in [3.05, 3.63) is 76.0 Å². The number of carbonyl (C=O) groups excluding carboxylic acids is 1. The first-order valence-corrected chi connectivity index (χ1v) is 11.1. The number of H-pyrrole nitrogens is 1. The maximum Gasteiger partial charge on any atom is 0.272 e. The lowest BCUT2D eigenvalue weighted by Crippen LogP contribution is -2.28. The second-order valence-corrected chi connectivity index (χ2v) is 6.08. The van der Waals surface area contributed by atoms with Gasteiger partial charge in [0, 0.05) is 36.6 Å². The van der Waals surface area contributed by atoms with Crippen molar-refractivity contribution in [2.75, 3.05) is 13.0 Å². The highest BCUT2D eigenvalue weighted by Gasteiger charge is 2.20. The summed E-state index contributed by atoms with van der Waals surface area (Å²) in [7, 11) is 2.13. The second kappa shape index (κ2) is 13.5. The van der Waals surface area contributed by atoms with Gasteiger partial charge in [-0.25, -0.2) is 0 Å². The Balaban J connectivity index is 0.000000691. The minimum atomic E-state index is -0.0991. The molecule has 1 aromatic carbocycles. The standard InChI is InChI=1S/C18H17BN3O2.3C2H6/c23-17-16-5-2-7-22(16)15(11-20-17)10-13-3-1-4-14(9-13)18(24)21-8-6-19-12-21;3*1-2/h1-5,7,9,11H,6,8,10,12H2,(H,20,23);3*1-2H3. The molecule has 5 nitrogen and oxygen atoms in total. The van der Waals surface area contributed by atoms with Gasteiger partial charge in [-0.2, -0.15) is 0 Å². The number of rotatable bonds is 3. The molecule has 4 rings (SSSR count). The molecule has 0 saturated carbocycles. The van der Waals surface area contributed by atoms with Gasteiger partial charge in [-0.3, -0.25) is 9.59 Å². The van der Waals surface area contributed by atoms with E-state index >= 15 is 0 Å². The van der Waals surface area contributed by atoms with E-state index < -0.39 is 0 Å². The van der Waals surface area contributed by atoms with Crippen LogP contribution in [0.4, 0.5) is 0 Å². The fourth-order valence-electron chi connectivity index (χ4n) is 3.22. The van der Waals surface area contributed by atoms with Crippen LogP contribution >= 0.6 is 0 Å². The molecular formula is C24H35BN3O2. The Bertz CT molecular complexity index is 956. The van der Waals surface area contributed by atoms with Gasteiger partial charge in [0.25, 0.3) is 11.5 Å². The summed E-state index contributed by atoms with van der Waals surface area (Å²) >= 11 is 0. The minimum absolute atomic E-state index is 0.0816. The Morgan fingerprint density at radius 3 is 2.47 bits per heavy atom. The molecule has 0 spiro atoms. The second-order valence-electron chi connectivity index (χ2n) is 6.08. The number of nitrogens with one attached hydrogen (secondary N) is 1. The van der Waals surface area contributed by atoms with E-state index in [4.69, 9.17) is 0 Å². The van der Waals surface area contributed by atoms with Gasteiger partial charge in [-0.1, -0.05) is 60.0 Å². The van der Waals surface area contributed by atoms with Crippen molar-refractivity contribution in [1.82, 2.24) is 14.3 Å². The molecule has 0 aliphatic carbocycles. The number of benzene rings is 1. The lowest BCUT2D eigenvalue weighted by atomic mass is 9.79. The molecular weight excluding hydrogens is 373 g/mol. The van der Waals surface area contributed by atoms with Gasteiger partial charge in [-0.05, 0) is 36.3 Å². The van der Waals surface area contributed by atoms with Crippen LogP contribution in [0.5, 0.6) is 0 Å². The van der Waals surface area contributed by atoms with Gasteiger partial charge in [-0.15, -0.1) is 0 Å². The predicted octanol–water partition coefficient (Wildman–Crippen LogP) is 4.83. The summed E-state index contributed by atoms with van der Waals surface area (Å²) in [6, 6.07) is 11.4. The molecule has 1 N–H and O–H groups in total. The summed E-state index contributed by atoms with van der Waals surface area (Å²) < 4.78 is 1.89. The Hall–Kier alpha value is -2.76. The lowest BCUT2D eigenvalue weighted by Gasteiger charge is -2.16. The monoisotopic (exact) mass is 408 g/mol. The van der Waals surface area contributed by atoms with Crippen LogP contribution in [0.2, 0.25) is 6.32 Å². The molecule has 1 saturated heterocycles. The summed E-state index contributed by atoms with van der Waals surface area (Å²) in [5, 5.41) is 0. The van der Waals surface area contributed by atoms with Crippen molar-refractivity contribution < 1.29 is 4.79 Å². The van der Waals surface area contributed by atoms with Crippen LogP contribution in [0.25, 0.3) is 5.52 Å². The van der Waals surface area contributed by atoms with E-state index in [2.05, 4.69) is 12.3 Å². The van der Waals surface area contributed by atoms with Crippen LogP contribution in [0.15, 0.2) is 53.6 Å². The number of amides is 1. The van der Waals surface area contributed by atoms with E-state index in [-0.39, 0.29) is 11.5 Å². The molecule has 30 heavy (non-hydrogen) atoms. The van der Waals surface area contributed by atoms with E-state index in [9.17, 15) is 9.59 Å². The van der Waals surface area contributed by atoms with Crippen LogP contribution in [-0.2, 0) is 6.42 Å². The van der Waals surface area contributed by atoms with Gasteiger partial charge in [0.2, 0.25) is 0 Å². The Kier molecular flexibility index (Phi) is 11.3. The van der Waals surface area contributed by atoms with E-state index in [0.717, 1.165) is 36.1 Å². The van der Waals surface area contributed by atoms with E-state index in [1.54, 1.807) is 12.3 Å². The molecule has 1 radical (unpaired) electrons. The zero-order chi connectivity index (χ0) is 22.5. The summed E-state index contributed by atoms with van der Waals surface area (Å²) in [6.45, 7) is 12.8. The predicted molar refractivity (Wildman–Crippen MR) is 128 cm³/mol. The molecule has 2 aromatic heterocycles. The third-order valence-corrected chi connectivity index (χ3v) is 4.46. The maximum atomic E-state index is 12.5. The smallest absolute Gasteiger partial charge is 0.272 e. The molecule has 161 valence electrons. The number of hydrogen-bond acceptors (Lipinski definition) is 2. The van der Waals surface area contributed by atoms with Crippen LogP contribution in [0.3, 0.4) is 0 Å². The van der Waals surface area contributed by atoms with Gasteiger partial charge in [0.15, 0.2) is 0 Å². The largest absolute Gasteiger partial charge is 0.348 e. The molecule has 1 aliphatic heterocycles. The normalized spacial score (nSPS) is 11.9. The summed E-state index contributed by atoms with van der Waals surface area (Å²) in [4.78, 5) is 29.0. The van der Waals surface area contributed by atoms with Gasteiger partial charge in [0.05, 0.1) is 0 Å². The molecule has 1 fully saturated rings. The zero-order valence-corrected chi connectivity index (χ0v) is 19.2. The van der Waals surface area contributed by atoms with Gasteiger partial charge in [0.1, 0.15) is 12.8 Å². The molecule has 0 unspecified atom stereocenters. The Labute approximate surface area is 181 Å². The number of fused-ring (bicyclic) bond motifs is 1. The first kappa shape index (κ1) is 25.3. The lowest BCUT2D eigenvalue weighted by molar-refractivity contribution is 0.0801. The molecule has 1 aliphatic rings. The van der Waals surface area contributed by atoms with Crippen molar-refractivity contribution in [1.29, 1.82) is 0 Å². The molecule has 3 aromatic rings. The van der Waals surface area contributed by atoms with Gasteiger partial charge >= 0.3 is 0 Å². The van der Waals surface area contributed by atoms with Crippen molar-refractivity contribution >= 4 is 18.7 Å². The van der Waals surface area contributed by atoms with Crippen molar-refractivity contribution in [3.8, 4) is 0 Å². The highest BCUT2D eigenvalue weighted by Crippen LogP contribution is 2.15. The zero-order valence-electron chi connectivity index (χ0n) is 19.2. The van der Waals surface area contributed by atoms with Crippen molar-refractivity contribution in [3.63, 3.8) is 0 Å². The molecule has 0 atom stereocenters. The van der Waals surface area contributed by atoms with Crippen LogP contribution in [-0.4, -0.2) is 40.5 Å². The number of nitrogens with zero attached hydrogens (tertiary/aromatic N) is 2. The average Bonchev–Trinajstić information content (AvgIpc) is 3.53. The van der Waals surface area contributed by atoms with Crippen LogP contribution < -0.4 is 5.56 Å². The summed E-state index contributed by atoms with van der Waals surface area (Å²) in [5.41, 5.74) is 3.28. The number of carbonyl (C=O) groups is 1. The van der Waals surface area contributed by atoms with Crippen LogP contribution in [0.1, 0.15) is 63.2 Å². The minimum Gasteiger partial charge on any atom is -0.348 e. The summed E-state index contributed by atoms with van der Waals surface area (Å²) in [5.74, 6) is 0.0816. The van der Waals surface area contributed by atoms with Crippen molar-refractivity contribution in [2.45, 2.75) is 54.3 Å². The highest BCUT2D eigenvalue weighted by atomic mass is 16.2. The number of hydrogen-bond donors (Lipinski definition) is 1. The third-order valence-electron chi connectivity index (χ3n) is 4.46. The fourth-order valence-corrected chi connectivity index (χ4v) is 3.22.